The number of hydrogen-bond acceptors (Lipinski definition) is 5. The molecular weight excluding hydrogens is 262 g/mol. The Kier molecular flexibility index (Phi) is 6.89. The van der Waals surface area contributed by atoms with E-state index in [1.165, 1.54) is 0 Å². The number of hydrogen-bond donors (Lipinski definition) is 2. The van der Waals surface area contributed by atoms with Crippen LogP contribution >= 0.6 is 0 Å². The summed E-state index contributed by atoms with van der Waals surface area (Å²) in [7, 11) is 0. The van der Waals surface area contributed by atoms with Crippen LogP contribution in [-0.4, -0.2) is 46.6 Å². The van der Waals surface area contributed by atoms with Gasteiger partial charge in [0.05, 0.1) is 0 Å². The summed E-state index contributed by atoms with van der Waals surface area (Å²) >= 11 is 0. The molecule has 5 heteroatoms. The molecule has 1 aromatic heterocycles. The Balaban J connectivity index is 2.71. The van der Waals surface area contributed by atoms with Gasteiger partial charge in [0.2, 0.25) is 0 Å². The molecule has 5 nitrogen and oxygen atoms in total. The van der Waals surface area contributed by atoms with Crippen LogP contribution in [0.4, 0.5) is 11.6 Å². The molecule has 0 amide bonds. The Morgan fingerprint density at radius 3 is 1.95 bits per heavy atom. The predicted molar refractivity (Wildman–Crippen MR) is 91.1 cm³/mol. The SMILES string of the molecule is CCNc1nc(C)nc(NCCN(C(C)C)C(C)C)c1C. The Morgan fingerprint density at radius 1 is 0.952 bits per heavy atom. The third kappa shape index (κ3) is 5.16. The van der Waals surface area contributed by atoms with Crippen molar-refractivity contribution in [2.45, 2.75) is 60.5 Å². The molecular formula is C16H31N5. The zero-order valence-electron chi connectivity index (χ0n) is 14.6. The number of aryl methyl sites for hydroxylation is 1. The normalized spacial score (nSPS) is 11.5. The third-order valence-electron chi connectivity index (χ3n) is 3.59. The highest BCUT2D eigenvalue weighted by Crippen LogP contribution is 2.19. The van der Waals surface area contributed by atoms with Crippen LogP contribution in [-0.2, 0) is 0 Å². The van der Waals surface area contributed by atoms with Gasteiger partial charge in [-0.2, -0.15) is 0 Å². The molecule has 0 saturated carbocycles. The van der Waals surface area contributed by atoms with Gasteiger partial charge in [-0.3, -0.25) is 4.90 Å². The largest absolute Gasteiger partial charge is 0.370 e. The first-order chi connectivity index (χ1) is 9.86. The molecule has 0 aliphatic rings. The zero-order chi connectivity index (χ0) is 16.0. The van der Waals surface area contributed by atoms with Crippen LogP contribution in [0.2, 0.25) is 0 Å². The first-order valence-electron chi connectivity index (χ1n) is 7.95. The molecule has 0 aliphatic heterocycles. The maximum Gasteiger partial charge on any atom is 0.134 e. The maximum absolute atomic E-state index is 4.52. The summed E-state index contributed by atoms with van der Waals surface area (Å²) in [4.78, 5) is 11.4. The minimum Gasteiger partial charge on any atom is -0.370 e. The highest BCUT2D eigenvalue weighted by molar-refractivity contribution is 5.57. The highest BCUT2D eigenvalue weighted by Gasteiger charge is 2.13. The van der Waals surface area contributed by atoms with Crippen molar-refractivity contribution in [1.82, 2.24) is 14.9 Å². The fourth-order valence-corrected chi connectivity index (χ4v) is 2.56. The van der Waals surface area contributed by atoms with E-state index in [9.17, 15) is 0 Å². The minimum atomic E-state index is 0.553. The van der Waals surface area contributed by atoms with E-state index < -0.39 is 0 Å². The summed E-state index contributed by atoms with van der Waals surface area (Å²) in [5, 5.41) is 6.75. The van der Waals surface area contributed by atoms with Gasteiger partial charge in [0.1, 0.15) is 17.5 Å². The van der Waals surface area contributed by atoms with Crippen molar-refractivity contribution in [1.29, 1.82) is 0 Å². The Hall–Kier alpha value is -1.36. The van der Waals surface area contributed by atoms with Crippen LogP contribution in [0.3, 0.4) is 0 Å². The molecule has 0 radical (unpaired) electrons. The smallest absolute Gasteiger partial charge is 0.134 e. The number of aromatic nitrogens is 2. The Bertz CT molecular complexity index is 435. The van der Waals surface area contributed by atoms with E-state index in [0.717, 1.165) is 42.7 Å². The van der Waals surface area contributed by atoms with Crippen molar-refractivity contribution in [2.75, 3.05) is 30.3 Å². The molecule has 2 N–H and O–H groups in total. The lowest BCUT2D eigenvalue weighted by molar-refractivity contribution is 0.182. The molecule has 1 aromatic rings. The van der Waals surface area contributed by atoms with Crippen LogP contribution in [0.25, 0.3) is 0 Å². The van der Waals surface area contributed by atoms with Gasteiger partial charge in [-0.05, 0) is 48.5 Å². The number of nitrogens with one attached hydrogen (secondary N) is 2. The summed E-state index contributed by atoms with van der Waals surface area (Å²) < 4.78 is 0. The van der Waals surface area contributed by atoms with E-state index in [-0.39, 0.29) is 0 Å². The van der Waals surface area contributed by atoms with Crippen LogP contribution in [0.1, 0.15) is 46.0 Å². The van der Waals surface area contributed by atoms with Gasteiger partial charge in [-0.25, -0.2) is 9.97 Å². The van der Waals surface area contributed by atoms with E-state index in [2.05, 4.69) is 67.0 Å². The first kappa shape index (κ1) is 17.7. The molecule has 0 aliphatic carbocycles. The fourth-order valence-electron chi connectivity index (χ4n) is 2.56. The average Bonchev–Trinajstić information content (AvgIpc) is 2.38. The van der Waals surface area contributed by atoms with Crippen molar-refractivity contribution >= 4 is 11.6 Å². The molecule has 0 atom stereocenters. The number of nitrogens with zero attached hydrogens (tertiary/aromatic N) is 3. The minimum absolute atomic E-state index is 0.553. The molecule has 0 fully saturated rings. The monoisotopic (exact) mass is 293 g/mol. The molecule has 0 spiro atoms. The number of rotatable bonds is 8. The van der Waals surface area contributed by atoms with Gasteiger partial charge in [0.25, 0.3) is 0 Å². The molecule has 21 heavy (non-hydrogen) atoms. The van der Waals surface area contributed by atoms with Crippen LogP contribution in [0.15, 0.2) is 0 Å². The second-order valence-electron chi connectivity index (χ2n) is 5.98. The van der Waals surface area contributed by atoms with Crippen LogP contribution in [0, 0.1) is 13.8 Å². The van der Waals surface area contributed by atoms with Gasteiger partial charge < -0.3 is 10.6 Å². The standard InChI is InChI=1S/C16H31N5/c1-8-17-15-13(6)16(20-14(7)19-15)18-9-10-21(11(2)3)12(4)5/h11-12H,8-10H2,1-7H3,(H2,17,18,19,20). The Labute approximate surface area is 129 Å². The van der Waals surface area contributed by atoms with E-state index >= 15 is 0 Å². The lowest BCUT2D eigenvalue weighted by Gasteiger charge is -2.30. The van der Waals surface area contributed by atoms with Crippen LogP contribution < -0.4 is 10.6 Å². The van der Waals surface area contributed by atoms with Crippen molar-refractivity contribution in [2.24, 2.45) is 0 Å². The van der Waals surface area contributed by atoms with Crippen molar-refractivity contribution < 1.29 is 0 Å². The second-order valence-corrected chi connectivity index (χ2v) is 5.98. The quantitative estimate of drug-likeness (QED) is 0.771. The molecule has 0 bridgehead atoms. The summed E-state index contributed by atoms with van der Waals surface area (Å²) in [6.07, 6.45) is 0. The predicted octanol–water partition coefficient (Wildman–Crippen LogP) is 3.06. The molecule has 1 rings (SSSR count). The number of anilines is 2. The molecule has 0 saturated heterocycles. The van der Waals surface area contributed by atoms with Gasteiger partial charge in [-0.1, -0.05) is 0 Å². The maximum atomic E-state index is 4.52. The van der Waals surface area contributed by atoms with E-state index in [1.807, 2.05) is 6.92 Å². The molecule has 1 heterocycles. The van der Waals surface area contributed by atoms with Gasteiger partial charge >= 0.3 is 0 Å². The Morgan fingerprint density at radius 2 is 1.48 bits per heavy atom. The zero-order valence-corrected chi connectivity index (χ0v) is 14.6. The summed E-state index contributed by atoms with van der Waals surface area (Å²) in [5.41, 5.74) is 1.09. The molecule has 0 aromatic carbocycles. The highest BCUT2D eigenvalue weighted by atomic mass is 15.2. The summed E-state index contributed by atoms with van der Waals surface area (Å²) in [6, 6.07) is 1.11. The van der Waals surface area contributed by atoms with Crippen molar-refractivity contribution in [3.8, 4) is 0 Å². The average molecular weight is 293 g/mol. The molecule has 0 unspecified atom stereocenters. The van der Waals surface area contributed by atoms with Gasteiger partial charge in [0, 0.05) is 37.3 Å². The fraction of sp³-hybridized carbons (Fsp3) is 0.750. The van der Waals surface area contributed by atoms with E-state index in [4.69, 9.17) is 0 Å². The first-order valence-corrected chi connectivity index (χ1v) is 7.95. The van der Waals surface area contributed by atoms with E-state index in [0.29, 0.717) is 12.1 Å². The van der Waals surface area contributed by atoms with Crippen molar-refractivity contribution in [3.63, 3.8) is 0 Å². The summed E-state index contributed by atoms with van der Waals surface area (Å²) in [5.74, 6) is 2.66. The van der Waals surface area contributed by atoms with Crippen molar-refractivity contribution in [3.05, 3.63) is 11.4 Å². The lowest BCUT2D eigenvalue weighted by Crippen LogP contribution is -2.40. The van der Waals surface area contributed by atoms with E-state index in [1.54, 1.807) is 0 Å². The van der Waals surface area contributed by atoms with Gasteiger partial charge in [-0.15, -0.1) is 0 Å². The second kappa shape index (κ2) is 8.17. The third-order valence-corrected chi connectivity index (χ3v) is 3.59. The summed E-state index contributed by atoms with van der Waals surface area (Å²) in [6.45, 7) is 17.8. The van der Waals surface area contributed by atoms with Gasteiger partial charge in [0.15, 0.2) is 0 Å². The molecule has 120 valence electrons. The van der Waals surface area contributed by atoms with Crippen LogP contribution in [0.5, 0.6) is 0 Å². The lowest BCUT2D eigenvalue weighted by atomic mass is 10.2. The topological polar surface area (TPSA) is 53.1 Å².